The molecule has 0 radical (unpaired) electrons. The lowest BCUT2D eigenvalue weighted by Crippen LogP contribution is -2.45. The zero-order valence-electron chi connectivity index (χ0n) is 14.2. The summed E-state index contributed by atoms with van der Waals surface area (Å²) in [5.74, 6) is 0. The second-order valence-corrected chi connectivity index (χ2v) is 5.62. The quantitative estimate of drug-likeness (QED) is 0.443. The molecule has 2 aromatic rings. The Balaban J connectivity index is 2.21. The van der Waals surface area contributed by atoms with Crippen LogP contribution in [0.4, 0.5) is 4.79 Å². The van der Waals surface area contributed by atoms with E-state index in [0.29, 0.717) is 12.8 Å². The van der Waals surface area contributed by atoms with Crippen molar-refractivity contribution in [3.8, 4) is 0 Å². The van der Waals surface area contributed by atoms with Crippen LogP contribution in [0.3, 0.4) is 0 Å². The standard InChI is InChI=1S/C19H22N4O2/c1-2-25-19(24)21-17(13-15-9-5-3-6-10-15)18(22-23-20)14-16-11-7-4-8-12-16/h3-12,17-18H,2,13-14H2,1H3,(H,21,24)/t17-,18-/m0/s1. The smallest absolute Gasteiger partial charge is 0.407 e. The molecule has 2 aromatic carbocycles. The van der Waals surface area contributed by atoms with Gasteiger partial charge in [0.15, 0.2) is 0 Å². The normalized spacial score (nSPS) is 12.5. The molecule has 0 aromatic heterocycles. The number of nitrogens with zero attached hydrogens (tertiary/aromatic N) is 3. The van der Waals surface area contributed by atoms with E-state index in [1.54, 1.807) is 6.92 Å². The van der Waals surface area contributed by atoms with Crippen molar-refractivity contribution >= 4 is 6.09 Å². The minimum atomic E-state index is -0.505. The van der Waals surface area contributed by atoms with Crippen molar-refractivity contribution in [2.45, 2.75) is 31.8 Å². The van der Waals surface area contributed by atoms with Gasteiger partial charge in [0.25, 0.3) is 0 Å². The summed E-state index contributed by atoms with van der Waals surface area (Å²) < 4.78 is 5.00. The topological polar surface area (TPSA) is 87.1 Å². The van der Waals surface area contributed by atoms with E-state index >= 15 is 0 Å². The number of hydrogen-bond donors (Lipinski definition) is 1. The van der Waals surface area contributed by atoms with Crippen LogP contribution in [-0.2, 0) is 17.6 Å². The number of alkyl carbamates (subject to hydrolysis) is 1. The van der Waals surface area contributed by atoms with Gasteiger partial charge in [-0.15, -0.1) is 0 Å². The summed E-state index contributed by atoms with van der Waals surface area (Å²) in [7, 11) is 0. The number of ether oxygens (including phenoxy) is 1. The van der Waals surface area contributed by atoms with E-state index in [1.807, 2.05) is 60.7 Å². The molecule has 0 fully saturated rings. The lowest BCUT2D eigenvalue weighted by atomic mass is 9.95. The number of nitrogens with one attached hydrogen (secondary N) is 1. The molecule has 1 amide bonds. The van der Waals surface area contributed by atoms with Crippen LogP contribution >= 0.6 is 0 Å². The summed E-state index contributed by atoms with van der Waals surface area (Å²) in [6.07, 6.45) is 0.583. The molecular formula is C19H22N4O2. The maximum atomic E-state index is 11.9. The molecule has 6 heteroatoms. The molecule has 25 heavy (non-hydrogen) atoms. The Labute approximate surface area is 147 Å². The highest BCUT2D eigenvalue weighted by atomic mass is 16.5. The fourth-order valence-electron chi connectivity index (χ4n) is 2.66. The van der Waals surface area contributed by atoms with Gasteiger partial charge in [0.2, 0.25) is 0 Å². The van der Waals surface area contributed by atoms with Gasteiger partial charge in [-0.25, -0.2) is 4.79 Å². The summed E-state index contributed by atoms with van der Waals surface area (Å²) in [4.78, 5) is 14.9. The summed E-state index contributed by atoms with van der Waals surface area (Å²) in [6, 6.07) is 18.8. The number of azide groups is 1. The van der Waals surface area contributed by atoms with Gasteiger partial charge in [-0.1, -0.05) is 65.8 Å². The van der Waals surface area contributed by atoms with Gasteiger partial charge in [-0.2, -0.15) is 0 Å². The first-order valence-electron chi connectivity index (χ1n) is 8.28. The zero-order valence-corrected chi connectivity index (χ0v) is 14.2. The van der Waals surface area contributed by atoms with Crippen molar-refractivity contribution in [2.75, 3.05) is 6.61 Å². The summed E-state index contributed by atoms with van der Waals surface area (Å²) >= 11 is 0. The Bertz CT molecular complexity index is 700. The maximum absolute atomic E-state index is 11.9. The van der Waals surface area contributed by atoms with E-state index in [2.05, 4.69) is 15.3 Å². The molecule has 0 aliphatic carbocycles. The Morgan fingerprint density at radius 3 is 2.16 bits per heavy atom. The Morgan fingerprint density at radius 1 is 1.08 bits per heavy atom. The lowest BCUT2D eigenvalue weighted by Gasteiger charge is -2.25. The summed E-state index contributed by atoms with van der Waals surface area (Å²) in [5, 5.41) is 6.78. The molecule has 0 unspecified atom stereocenters. The van der Waals surface area contributed by atoms with E-state index < -0.39 is 12.1 Å². The second-order valence-electron chi connectivity index (χ2n) is 5.62. The van der Waals surface area contributed by atoms with Gasteiger partial charge in [0.1, 0.15) is 0 Å². The molecule has 0 bridgehead atoms. The fraction of sp³-hybridized carbons (Fsp3) is 0.316. The van der Waals surface area contributed by atoms with E-state index in [0.717, 1.165) is 11.1 Å². The lowest BCUT2D eigenvalue weighted by molar-refractivity contribution is 0.146. The summed E-state index contributed by atoms with van der Waals surface area (Å²) in [6.45, 7) is 2.04. The van der Waals surface area contributed by atoms with Gasteiger partial charge in [-0.05, 0) is 36.4 Å². The monoisotopic (exact) mass is 338 g/mol. The van der Waals surface area contributed by atoms with Crippen LogP contribution in [0.15, 0.2) is 65.8 Å². The van der Waals surface area contributed by atoms with Crippen molar-refractivity contribution in [2.24, 2.45) is 5.11 Å². The van der Waals surface area contributed by atoms with Crippen LogP contribution in [0.25, 0.3) is 10.4 Å². The van der Waals surface area contributed by atoms with Crippen LogP contribution in [0.1, 0.15) is 18.1 Å². The zero-order chi connectivity index (χ0) is 17.9. The number of amides is 1. The molecule has 0 aliphatic heterocycles. The van der Waals surface area contributed by atoms with Crippen LogP contribution in [0, 0.1) is 0 Å². The third kappa shape index (κ3) is 6.20. The van der Waals surface area contributed by atoms with Crippen molar-refractivity contribution in [1.29, 1.82) is 0 Å². The first kappa shape index (κ1) is 18.4. The molecule has 2 atom stereocenters. The van der Waals surface area contributed by atoms with Crippen molar-refractivity contribution in [1.82, 2.24) is 5.32 Å². The number of benzene rings is 2. The van der Waals surface area contributed by atoms with Gasteiger partial charge in [0, 0.05) is 11.0 Å². The first-order valence-corrected chi connectivity index (χ1v) is 8.28. The maximum Gasteiger partial charge on any atom is 0.407 e. The van der Waals surface area contributed by atoms with Crippen molar-refractivity contribution < 1.29 is 9.53 Å². The van der Waals surface area contributed by atoms with Gasteiger partial charge in [-0.3, -0.25) is 0 Å². The Hall–Kier alpha value is -2.98. The Kier molecular flexibility index (Phi) is 7.35. The SMILES string of the molecule is CCOC(=O)N[C@@H](Cc1ccccc1)[C@H](Cc1ccccc1)N=[N+]=[N-]. The van der Waals surface area contributed by atoms with Gasteiger partial charge < -0.3 is 10.1 Å². The van der Waals surface area contributed by atoms with Crippen LogP contribution in [0.2, 0.25) is 0 Å². The van der Waals surface area contributed by atoms with E-state index in [4.69, 9.17) is 10.3 Å². The van der Waals surface area contributed by atoms with Crippen molar-refractivity contribution in [3.05, 3.63) is 82.2 Å². The minimum Gasteiger partial charge on any atom is -0.450 e. The van der Waals surface area contributed by atoms with E-state index in [-0.39, 0.29) is 12.6 Å². The van der Waals surface area contributed by atoms with E-state index in [9.17, 15) is 4.79 Å². The molecule has 0 aliphatic rings. The third-order valence-electron chi connectivity index (χ3n) is 3.83. The highest BCUT2D eigenvalue weighted by molar-refractivity contribution is 5.67. The number of rotatable bonds is 8. The average molecular weight is 338 g/mol. The molecule has 6 nitrogen and oxygen atoms in total. The molecule has 0 saturated heterocycles. The first-order chi connectivity index (χ1) is 12.2. The molecule has 0 heterocycles. The largest absolute Gasteiger partial charge is 0.450 e. The highest BCUT2D eigenvalue weighted by Crippen LogP contribution is 2.14. The fourth-order valence-corrected chi connectivity index (χ4v) is 2.66. The third-order valence-corrected chi connectivity index (χ3v) is 3.83. The van der Waals surface area contributed by atoms with Gasteiger partial charge in [0.05, 0.1) is 12.6 Å². The number of carbonyl (C=O) groups excluding carboxylic acids is 1. The second kappa shape index (κ2) is 10.0. The predicted molar refractivity (Wildman–Crippen MR) is 97.2 cm³/mol. The molecule has 2 rings (SSSR count). The Morgan fingerprint density at radius 2 is 1.64 bits per heavy atom. The van der Waals surface area contributed by atoms with Crippen LogP contribution in [-0.4, -0.2) is 24.8 Å². The van der Waals surface area contributed by atoms with E-state index in [1.165, 1.54) is 0 Å². The molecule has 0 spiro atoms. The predicted octanol–water partition coefficient (Wildman–Crippen LogP) is 4.27. The summed E-state index contributed by atoms with van der Waals surface area (Å²) in [5.41, 5.74) is 11.1. The van der Waals surface area contributed by atoms with Crippen molar-refractivity contribution in [3.63, 3.8) is 0 Å². The highest BCUT2D eigenvalue weighted by Gasteiger charge is 2.23. The molecule has 1 N–H and O–H groups in total. The van der Waals surface area contributed by atoms with Crippen LogP contribution in [0.5, 0.6) is 0 Å². The minimum absolute atomic E-state index is 0.286. The average Bonchev–Trinajstić information content (AvgIpc) is 2.63. The molecule has 130 valence electrons. The number of hydrogen-bond acceptors (Lipinski definition) is 3. The molecule has 0 saturated carbocycles. The van der Waals surface area contributed by atoms with Gasteiger partial charge >= 0.3 is 6.09 Å². The van der Waals surface area contributed by atoms with Crippen LogP contribution < -0.4 is 5.32 Å². The molecular weight excluding hydrogens is 316 g/mol. The number of carbonyl (C=O) groups is 1.